The fourth-order valence-corrected chi connectivity index (χ4v) is 1.70. The molecule has 0 unspecified atom stereocenters. The Kier molecular flexibility index (Phi) is 3.94. The molecule has 15 heavy (non-hydrogen) atoms. The SMILES string of the molecule is CCCCCN(C(=O)O)[C@H]1C(=O)O[C@H]1C. The molecule has 0 aromatic carbocycles. The van der Waals surface area contributed by atoms with E-state index in [4.69, 9.17) is 9.84 Å². The standard InChI is InChI=1S/C10H17NO4/c1-3-4-5-6-11(10(13)14)8-7(2)15-9(8)12/h7-8H,3-6H2,1-2H3,(H,13,14)/t7-,8+/m0/s1. The molecule has 1 saturated heterocycles. The molecule has 1 aliphatic heterocycles. The molecule has 0 aromatic heterocycles. The first-order valence-electron chi connectivity index (χ1n) is 5.28. The molecule has 1 amide bonds. The molecule has 0 aromatic rings. The van der Waals surface area contributed by atoms with Crippen molar-refractivity contribution in [2.24, 2.45) is 0 Å². The molecule has 5 heteroatoms. The van der Waals surface area contributed by atoms with Crippen LogP contribution in [0.25, 0.3) is 0 Å². The summed E-state index contributed by atoms with van der Waals surface area (Å²) in [5.74, 6) is -0.429. The summed E-state index contributed by atoms with van der Waals surface area (Å²) in [5, 5.41) is 8.96. The van der Waals surface area contributed by atoms with Gasteiger partial charge in [-0.05, 0) is 13.3 Å². The van der Waals surface area contributed by atoms with E-state index in [9.17, 15) is 9.59 Å². The zero-order valence-electron chi connectivity index (χ0n) is 9.10. The second-order valence-electron chi connectivity index (χ2n) is 3.77. The molecule has 0 bridgehead atoms. The number of ether oxygens (including phenoxy) is 1. The van der Waals surface area contributed by atoms with Gasteiger partial charge < -0.3 is 9.84 Å². The van der Waals surface area contributed by atoms with Crippen molar-refractivity contribution in [3.63, 3.8) is 0 Å². The van der Waals surface area contributed by atoms with Crippen molar-refractivity contribution in [2.45, 2.75) is 45.3 Å². The number of carboxylic acid groups (broad SMARTS) is 1. The van der Waals surface area contributed by atoms with Crippen molar-refractivity contribution in [3.8, 4) is 0 Å². The summed E-state index contributed by atoms with van der Waals surface area (Å²) in [6.07, 6.45) is 1.44. The quantitative estimate of drug-likeness (QED) is 0.557. The van der Waals surface area contributed by atoms with E-state index in [1.54, 1.807) is 6.92 Å². The molecule has 86 valence electrons. The lowest BCUT2D eigenvalue weighted by Crippen LogP contribution is -2.60. The summed E-state index contributed by atoms with van der Waals surface area (Å²) >= 11 is 0. The molecule has 0 spiro atoms. The van der Waals surface area contributed by atoms with Gasteiger partial charge in [0.2, 0.25) is 0 Å². The summed E-state index contributed by atoms with van der Waals surface area (Å²) < 4.78 is 4.75. The summed E-state index contributed by atoms with van der Waals surface area (Å²) in [7, 11) is 0. The Morgan fingerprint density at radius 1 is 1.53 bits per heavy atom. The van der Waals surface area contributed by atoms with E-state index in [1.165, 1.54) is 4.90 Å². The maximum Gasteiger partial charge on any atom is 0.408 e. The van der Waals surface area contributed by atoms with Crippen molar-refractivity contribution in [3.05, 3.63) is 0 Å². The number of carbonyl (C=O) groups excluding carboxylic acids is 1. The first kappa shape index (κ1) is 11.8. The van der Waals surface area contributed by atoms with Crippen molar-refractivity contribution in [2.75, 3.05) is 6.54 Å². The molecular weight excluding hydrogens is 198 g/mol. The van der Waals surface area contributed by atoms with Crippen LogP contribution in [0.3, 0.4) is 0 Å². The molecule has 5 nitrogen and oxygen atoms in total. The molecule has 1 fully saturated rings. The zero-order chi connectivity index (χ0) is 11.4. The summed E-state index contributed by atoms with van der Waals surface area (Å²) in [6, 6.07) is -0.598. The Morgan fingerprint density at radius 2 is 2.20 bits per heavy atom. The van der Waals surface area contributed by atoms with Gasteiger partial charge in [0, 0.05) is 6.54 Å². The summed E-state index contributed by atoms with van der Waals surface area (Å²) in [5.41, 5.74) is 0. The van der Waals surface area contributed by atoms with Gasteiger partial charge in [-0.25, -0.2) is 9.59 Å². The highest BCUT2D eigenvalue weighted by Crippen LogP contribution is 2.21. The van der Waals surface area contributed by atoms with Crippen LogP contribution >= 0.6 is 0 Å². The predicted octanol–water partition coefficient (Wildman–Crippen LogP) is 1.47. The largest absolute Gasteiger partial charge is 0.465 e. The van der Waals surface area contributed by atoms with E-state index in [1.807, 2.05) is 6.92 Å². The lowest BCUT2D eigenvalue weighted by Gasteiger charge is -2.39. The highest BCUT2D eigenvalue weighted by molar-refractivity contribution is 5.85. The summed E-state index contributed by atoms with van der Waals surface area (Å²) in [6.45, 7) is 4.17. The third-order valence-electron chi connectivity index (χ3n) is 2.57. The second kappa shape index (κ2) is 5.00. The van der Waals surface area contributed by atoms with Crippen molar-refractivity contribution in [1.82, 2.24) is 4.90 Å². The van der Waals surface area contributed by atoms with E-state index in [0.717, 1.165) is 19.3 Å². The first-order valence-corrected chi connectivity index (χ1v) is 5.28. The molecule has 0 aliphatic carbocycles. The number of unbranched alkanes of at least 4 members (excludes halogenated alkanes) is 2. The Hall–Kier alpha value is -1.26. The van der Waals surface area contributed by atoms with Crippen LogP contribution in [0.5, 0.6) is 0 Å². The van der Waals surface area contributed by atoms with E-state index in [0.29, 0.717) is 6.54 Å². The zero-order valence-corrected chi connectivity index (χ0v) is 9.10. The van der Waals surface area contributed by atoms with Gasteiger partial charge in [-0.1, -0.05) is 19.8 Å². The monoisotopic (exact) mass is 215 g/mol. The fraction of sp³-hybridized carbons (Fsp3) is 0.800. The average molecular weight is 215 g/mol. The number of carbonyl (C=O) groups is 2. The molecule has 0 saturated carbocycles. The number of hydrogen-bond donors (Lipinski definition) is 1. The van der Waals surface area contributed by atoms with Crippen molar-refractivity contribution in [1.29, 1.82) is 0 Å². The van der Waals surface area contributed by atoms with Gasteiger partial charge in [0.1, 0.15) is 6.10 Å². The summed E-state index contributed by atoms with van der Waals surface area (Å²) in [4.78, 5) is 23.2. The normalized spacial score (nSPS) is 24.3. The Balaban J connectivity index is 2.50. The number of amides is 1. The highest BCUT2D eigenvalue weighted by atomic mass is 16.6. The van der Waals surface area contributed by atoms with Crippen LogP contribution in [0.15, 0.2) is 0 Å². The number of cyclic esters (lactones) is 1. The molecule has 1 heterocycles. The fourth-order valence-electron chi connectivity index (χ4n) is 1.70. The van der Waals surface area contributed by atoms with Crippen LogP contribution in [-0.4, -0.2) is 40.8 Å². The third-order valence-corrected chi connectivity index (χ3v) is 2.57. The minimum Gasteiger partial charge on any atom is -0.465 e. The smallest absolute Gasteiger partial charge is 0.408 e. The van der Waals surface area contributed by atoms with Crippen LogP contribution in [-0.2, 0) is 9.53 Å². The third kappa shape index (κ3) is 2.61. The number of nitrogens with zero attached hydrogens (tertiary/aromatic N) is 1. The average Bonchev–Trinajstić information content (AvgIpc) is 2.16. The Bertz CT molecular complexity index is 254. The number of hydrogen-bond acceptors (Lipinski definition) is 3. The van der Waals surface area contributed by atoms with Crippen LogP contribution < -0.4 is 0 Å². The molecule has 0 radical (unpaired) electrons. The van der Waals surface area contributed by atoms with Gasteiger partial charge in [-0.15, -0.1) is 0 Å². The van der Waals surface area contributed by atoms with Crippen LogP contribution in [0.1, 0.15) is 33.1 Å². The van der Waals surface area contributed by atoms with Crippen LogP contribution in [0.2, 0.25) is 0 Å². The maximum atomic E-state index is 11.1. The topological polar surface area (TPSA) is 66.8 Å². The van der Waals surface area contributed by atoms with Crippen LogP contribution in [0.4, 0.5) is 4.79 Å². The minimum absolute atomic E-state index is 0.310. The lowest BCUT2D eigenvalue weighted by atomic mass is 10.1. The van der Waals surface area contributed by atoms with Gasteiger partial charge in [0.25, 0.3) is 0 Å². The Labute approximate surface area is 89.0 Å². The number of rotatable bonds is 5. The second-order valence-corrected chi connectivity index (χ2v) is 3.77. The van der Waals surface area contributed by atoms with Crippen molar-refractivity contribution < 1.29 is 19.4 Å². The molecule has 1 aliphatic rings. The first-order chi connectivity index (χ1) is 7.07. The molecular formula is C10H17NO4. The van der Waals surface area contributed by atoms with Crippen molar-refractivity contribution >= 4 is 12.1 Å². The van der Waals surface area contributed by atoms with Gasteiger partial charge in [-0.3, -0.25) is 4.90 Å². The van der Waals surface area contributed by atoms with Gasteiger partial charge in [0.05, 0.1) is 0 Å². The van der Waals surface area contributed by atoms with E-state index in [-0.39, 0.29) is 6.10 Å². The van der Waals surface area contributed by atoms with Gasteiger partial charge in [-0.2, -0.15) is 0 Å². The highest BCUT2D eigenvalue weighted by Gasteiger charge is 2.45. The lowest BCUT2D eigenvalue weighted by molar-refractivity contribution is -0.183. The Morgan fingerprint density at radius 3 is 2.60 bits per heavy atom. The predicted molar refractivity (Wildman–Crippen MR) is 53.6 cm³/mol. The van der Waals surface area contributed by atoms with Gasteiger partial charge >= 0.3 is 12.1 Å². The maximum absolute atomic E-state index is 11.1. The van der Waals surface area contributed by atoms with E-state index < -0.39 is 18.1 Å². The molecule has 2 atom stereocenters. The minimum atomic E-state index is -1.04. The molecule has 1 N–H and O–H groups in total. The molecule has 1 rings (SSSR count). The van der Waals surface area contributed by atoms with E-state index >= 15 is 0 Å². The van der Waals surface area contributed by atoms with Gasteiger partial charge in [0.15, 0.2) is 6.04 Å². The van der Waals surface area contributed by atoms with Crippen LogP contribution in [0, 0.1) is 0 Å². The number of esters is 1. The van der Waals surface area contributed by atoms with E-state index in [2.05, 4.69) is 0 Å².